The van der Waals surface area contributed by atoms with E-state index >= 15 is 0 Å². The Balaban J connectivity index is 1.68. The van der Waals surface area contributed by atoms with Crippen molar-refractivity contribution in [1.29, 1.82) is 0 Å². The number of hydrogen-bond acceptors (Lipinski definition) is 1. The molecule has 0 aromatic heterocycles. The van der Waals surface area contributed by atoms with Gasteiger partial charge in [0.15, 0.2) is 0 Å². The molecule has 0 saturated carbocycles. The molecule has 0 aliphatic carbocycles. The molecule has 0 aliphatic rings. The van der Waals surface area contributed by atoms with Crippen molar-refractivity contribution < 1.29 is 4.74 Å². The maximum Gasteiger partial charge on any atom is 0.120 e. The molecule has 3 aromatic carbocycles. The lowest BCUT2D eigenvalue weighted by atomic mass is 10.0. The van der Waals surface area contributed by atoms with E-state index in [1.807, 2.05) is 12.1 Å². The summed E-state index contributed by atoms with van der Waals surface area (Å²) in [6.45, 7) is 4.25. The molecule has 1 heteroatoms. The molecular formula is C22H22O. The van der Waals surface area contributed by atoms with Crippen molar-refractivity contribution in [2.45, 2.75) is 25.9 Å². The van der Waals surface area contributed by atoms with Gasteiger partial charge in [0.1, 0.15) is 11.4 Å². The van der Waals surface area contributed by atoms with Gasteiger partial charge in [-0.1, -0.05) is 72.8 Å². The van der Waals surface area contributed by atoms with Gasteiger partial charge >= 0.3 is 0 Å². The second-order valence-corrected chi connectivity index (χ2v) is 6.39. The summed E-state index contributed by atoms with van der Waals surface area (Å²) in [5, 5.41) is 2.45. The van der Waals surface area contributed by atoms with Gasteiger partial charge in [-0.3, -0.25) is 0 Å². The van der Waals surface area contributed by atoms with Crippen LogP contribution in [0.25, 0.3) is 16.8 Å². The van der Waals surface area contributed by atoms with Crippen molar-refractivity contribution in [3.05, 3.63) is 84.4 Å². The van der Waals surface area contributed by atoms with Gasteiger partial charge in [0.2, 0.25) is 0 Å². The van der Waals surface area contributed by atoms with Crippen molar-refractivity contribution in [2.75, 3.05) is 0 Å². The summed E-state index contributed by atoms with van der Waals surface area (Å²) in [4.78, 5) is 0. The molecule has 0 amide bonds. The Labute approximate surface area is 138 Å². The largest absolute Gasteiger partial charge is 0.488 e. The molecule has 0 radical (unpaired) electrons. The molecule has 0 bridgehead atoms. The molecule has 3 aromatic rings. The highest BCUT2D eigenvalue weighted by atomic mass is 16.5. The van der Waals surface area contributed by atoms with Crippen LogP contribution in [0.4, 0.5) is 0 Å². The molecule has 0 fully saturated rings. The minimum Gasteiger partial charge on any atom is -0.488 e. The van der Waals surface area contributed by atoms with Crippen LogP contribution in [0.2, 0.25) is 0 Å². The highest BCUT2D eigenvalue weighted by Crippen LogP contribution is 2.26. The first-order chi connectivity index (χ1) is 11.1. The summed E-state index contributed by atoms with van der Waals surface area (Å²) in [5.74, 6) is 0.918. The molecular weight excluding hydrogens is 280 g/mol. The summed E-state index contributed by atoms with van der Waals surface area (Å²) in [6.07, 6.45) is 5.18. The Bertz CT molecular complexity index is 800. The lowest BCUT2D eigenvalue weighted by Gasteiger charge is -2.25. The van der Waals surface area contributed by atoms with Crippen molar-refractivity contribution in [3.8, 4) is 5.75 Å². The Kier molecular flexibility index (Phi) is 4.47. The van der Waals surface area contributed by atoms with E-state index in [9.17, 15) is 0 Å². The second kappa shape index (κ2) is 6.70. The molecule has 3 rings (SSSR count). The molecule has 0 saturated heterocycles. The molecule has 0 unspecified atom stereocenters. The van der Waals surface area contributed by atoms with Crippen LogP contribution >= 0.6 is 0 Å². The zero-order valence-electron chi connectivity index (χ0n) is 13.7. The first-order valence-corrected chi connectivity index (χ1v) is 8.02. The molecule has 0 heterocycles. The first-order valence-electron chi connectivity index (χ1n) is 8.02. The number of rotatable bonds is 5. The lowest BCUT2D eigenvalue weighted by molar-refractivity contribution is 0.113. The van der Waals surface area contributed by atoms with Crippen LogP contribution in [0.5, 0.6) is 5.75 Å². The lowest BCUT2D eigenvalue weighted by Crippen LogP contribution is -2.27. The summed E-state index contributed by atoms with van der Waals surface area (Å²) in [7, 11) is 0. The maximum atomic E-state index is 6.20. The predicted molar refractivity (Wildman–Crippen MR) is 98.7 cm³/mol. The normalized spacial score (nSPS) is 11.9. The van der Waals surface area contributed by atoms with Crippen LogP contribution in [0, 0.1) is 0 Å². The number of benzene rings is 3. The van der Waals surface area contributed by atoms with Crippen molar-refractivity contribution in [1.82, 2.24) is 0 Å². The maximum absolute atomic E-state index is 6.20. The summed E-state index contributed by atoms with van der Waals surface area (Å²) in [6, 6.07) is 25.0. The Morgan fingerprint density at radius 1 is 0.826 bits per heavy atom. The van der Waals surface area contributed by atoms with Gasteiger partial charge in [0.05, 0.1) is 0 Å². The van der Waals surface area contributed by atoms with Gasteiger partial charge in [-0.05, 0) is 42.3 Å². The van der Waals surface area contributed by atoms with Crippen LogP contribution in [0.15, 0.2) is 78.9 Å². The quantitative estimate of drug-likeness (QED) is 0.553. The minimum absolute atomic E-state index is 0.242. The number of ether oxygens (including phenoxy) is 1. The van der Waals surface area contributed by atoms with Gasteiger partial charge in [0.25, 0.3) is 0 Å². The van der Waals surface area contributed by atoms with Gasteiger partial charge in [-0.15, -0.1) is 0 Å². The smallest absolute Gasteiger partial charge is 0.120 e. The van der Waals surface area contributed by atoms with E-state index in [0.717, 1.165) is 12.2 Å². The molecule has 0 spiro atoms. The standard InChI is InChI=1S/C22H22O/c1-22(2,16-8-11-18-9-4-3-5-10-18)23-21-15-14-19-12-6-7-13-20(19)17-21/h3-15,17H,16H2,1-2H3. The Morgan fingerprint density at radius 2 is 1.52 bits per heavy atom. The van der Waals surface area contributed by atoms with Crippen LogP contribution < -0.4 is 4.74 Å². The van der Waals surface area contributed by atoms with Crippen LogP contribution in [-0.2, 0) is 0 Å². The van der Waals surface area contributed by atoms with Crippen molar-refractivity contribution in [3.63, 3.8) is 0 Å². The summed E-state index contributed by atoms with van der Waals surface area (Å²) in [5.41, 5.74) is 0.974. The van der Waals surface area contributed by atoms with E-state index in [-0.39, 0.29) is 5.60 Å². The van der Waals surface area contributed by atoms with E-state index in [0.29, 0.717) is 0 Å². The Hall–Kier alpha value is -2.54. The van der Waals surface area contributed by atoms with Crippen LogP contribution in [0.3, 0.4) is 0 Å². The fourth-order valence-corrected chi connectivity index (χ4v) is 2.63. The fourth-order valence-electron chi connectivity index (χ4n) is 2.63. The summed E-state index contributed by atoms with van der Waals surface area (Å²) >= 11 is 0. The van der Waals surface area contributed by atoms with Crippen LogP contribution in [0.1, 0.15) is 25.8 Å². The third-order valence-corrected chi connectivity index (χ3v) is 3.83. The third-order valence-electron chi connectivity index (χ3n) is 3.83. The van der Waals surface area contributed by atoms with E-state index in [2.05, 4.69) is 86.7 Å². The molecule has 1 nitrogen and oxygen atoms in total. The third kappa shape index (κ3) is 4.23. The van der Waals surface area contributed by atoms with Crippen molar-refractivity contribution in [2.24, 2.45) is 0 Å². The Morgan fingerprint density at radius 3 is 2.30 bits per heavy atom. The topological polar surface area (TPSA) is 9.23 Å². The first kappa shape index (κ1) is 15.4. The monoisotopic (exact) mass is 302 g/mol. The number of fused-ring (bicyclic) bond motifs is 1. The highest BCUT2D eigenvalue weighted by Gasteiger charge is 2.18. The molecule has 0 aliphatic heterocycles. The minimum atomic E-state index is -0.242. The highest BCUT2D eigenvalue weighted by molar-refractivity contribution is 5.83. The SMILES string of the molecule is CC(C)(CC=Cc1ccccc1)Oc1ccc2ccccc2c1. The average Bonchev–Trinajstić information content (AvgIpc) is 2.55. The van der Waals surface area contributed by atoms with E-state index in [4.69, 9.17) is 4.74 Å². The van der Waals surface area contributed by atoms with Gasteiger partial charge in [-0.25, -0.2) is 0 Å². The van der Waals surface area contributed by atoms with E-state index in [1.165, 1.54) is 16.3 Å². The molecule has 0 atom stereocenters. The number of hydrogen-bond donors (Lipinski definition) is 0. The van der Waals surface area contributed by atoms with Crippen molar-refractivity contribution >= 4 is 16.8 Å². The zero-order chi connectivity index (χ0) is 16.1. The summed E-state index contributed by atoms with van der Waals surface area (Å²) < 4.78 is 6.20. The van der Waals surface area contributed by atoms with Gasteiger partial charge in [-0.2, -0.15) is 0 Å². The van der Waals surface area contributed by atoms with Gasteiger partial charge < -0.3 is 4.74 Å². The average molecular weight is 302 g/mol. The zero-order valence-corrected chi connectivity index (χ0v) is 13.7. The molecule has 23 heavy (non-hydrogen) atoms. The van der Waals surface area contributed by atoms with E-state index < -0.39 is 0 Å². The fraction of sp³-hybridized carbons (Fsp3) is 0.182. The molecule has 0 N–H and O–H groups in total. The second-order valence-electron chi connectivity index (χ2n) is 6.39. The van der Waals surface area contributed by atoms with Crippen LogP contribution in [-0.4, -0.2) is 5.60 Å². The molecule has 116 valence electrons. The predicted octanol–water partition coefficient (Wildman–Crippen LogP) is 6.10. The van der Waals surface area contributed by atoms with Gasteiger partial charge in [0, 0.05) is 6.42 Å². The van der Waals surface area contributed by atoms with E-state index in [1.54, 1.807) is 0 Å².